The predicted molar refractivity (Wildman–Crippen MR) is 158 cm³/mol. The molecule has 0 unspecified atom stereocenters. The summed E-state index contributed by atoms with van der Waals surface area (Å²) in [5.74, 6) is 1.73. The maximum absolute atomic E-state index is 13.8. The summed E-state index contributed by atoms with van der Waals surface area (Å²) < 4.78 is 6.26. The molecule has 5 rings (SSSR count). The van der Waals surface area contributed by atoms with Gasteiger partial charge in [0.05, 0.1) is 12.4 Å². The molecule has 4 N–H and O–H groups in total. The normalized spacial score (nSPS) is 16.7. The van der Waals surface area contributed by atoms with Gasteiger partial charge in [0.1, 0.15) is 17.7 Å². The van der Waals surface area contributed by atoms with Crippen molar-refractivity contribution >= 4 is 34.0 Å². The molecule has 1 amide bonds. The number of amidine groups is 2. The monoisotopic (exact) mass is 525 g/mol. The SMILES string of the molecule is CC(=N)N1CCC(Oc2ccc(N(Cc3ccc4ccc(C(=N)N)cc4c3)C(=O)C3CCCCC3)cc2)CC1. The summed E-state index contributed by atoms with van der Waals surface area (Å²) in [5, 5.41) is 17.7. The second-order valence-corrected chi connectivity index (χ2v) is 11.0. The smallest absolute Gasteiger partial charge is 0.230 e. The quantitative estimate of drug-likeness (QED) is 0.257. The zero-order valence-corrected chi connectivity index (χ0v) is 22.8. The highest BCUT2D eigenvalue weighted by Crippen LogP contribution is 2.31. The van der Waals surface area contributed by atoms with E-state index in [0.29, 0.717) is 17.9 Å². The molecule has 0 atom stereocenters. The molecule has 39 heavy (non-hydrogen) atoms. The van der Waals surface area contributed by atoms with E-state index in [1.165, 1.54) is 6.42 Å². The first kappa shape index (κ1) is 26.7. The largest absolute Gasteiger partial charge is 0.490 e. The standard InChI is InChI=1S/C32H39N5O2/c1-22(33)36-17-15-30(16-18-36)39-29-13-11-28(12-14-29)37(32(38)25-5-3-2-4-6-25)21-23-7-8-24-9-10-26(31(34)35)20-27(24)19-23/h7-14,19-20,25,30,33H,2-6,15-18,21H2,1H3,(H3,34,35). The molecule has 2 fully saturated rings. The number of carbonyl (C=O) groups excluding carboxylic acids is 1. The first-order valence-electron chi connectivity index (χ1n) is 14.1. The van der Waals surface area contributed by atoms with Gasteiger partial charge in [0, 0.05) is 43.1 Å². The minimum Gasteiger partial charge on any atom is -0.490 e. The number of likely N-dealkylation sites (tertiary alicyclic amines) is 1. The average molecular weight is 526 g/mol. The number of hydrogen-bond donors (Lipinski definition) is 3. The van der Waals surface area contributed by atoms with Crippen LogP contribution >= 0.6 is 0 Å². The van der Waals surface area contributed by atoms with Crippen LogP contribution in [0.3, 0.4) is 0 Å². The molecular formula is C32H39N5O2. The number of nitrogens with two attached hydrogens (primary N) is 1. The van der Waals surface area contributed by atoms with Crippen molar-refractivity contribution in [2.45, 2.75) is 64.5 Å². The number of benzene rings is 3. The summed E-state index contributed by atoms with van der Waals surface area (Å²) in [6.45, 7) is 4.02. The van der Waals surface area contributed by atoms with Gasteiger partial charge in [0.2, 0.25) is 5.91 Å². The van der Waals surface area contributed by atoms with Crippen molar-refractivity contribution in [3.8, 4) is 5.75 Å². The van der Waals surface area contributed by atoms with Crippen molar-refractivity contribution in [1.82, 2.24) is 4.90 Å². The number of piperidine rings is 1. The summed E-state index contributed by atoms with van der Waals surface area (Å²) in [5.41, 5.74) is 8.34. The molecule has 1 saturated heterocycles. The number of fused-ring (bicyclic) bond motifs is 1. The van der Waals surface area contributed by atoms with E-state index < -0.39 is 0 Å². The van der Waals surface area contributed by atoms with Gasteiger partial charge < -0.3 is 20.3 Å². The fourth-order valence-electron chi connectivity index (χ4n) is 5.82. The number of amides is 1. The summed E-state index contributed by atoms with van der Waals surface area (Å²) in [6.07, 6.45) is 7.26. The second kappa shape index (κ2) is 11.9. The van der Waals surface area contributed by atoms with E-state index in [4.69, 9.17) is 21.3 Å². The van der Waals surface area contributed by atoms with Gasteiger partial charge in [0.25, 0.3) is 0 Å². The van der Waals surface area contributed by atoms with Crippen LogP contribution in [-0.2, 0) is 11.3 Å². The maximum atomic E-state index is 13.8. The van der Waals surface area contributed by atoms with Crippen LogP contribution in [-0.4, -0.2) is 41.7 Å². The van der Waals surface area contributed by atoms with Crippen LogP contribution in [0.1, 0.15) is 63.0 Å². The van der Waals surface area contributed by atoms with E-state index in [9.17, 15) is 4.79 Å². The number of carbonyl (C=O) groups is 1. The zero-order valence-electron chi connectivity index (χ0n) is 22.8. The van der Waals surface area contributed by atoms with Crippen LogP contribution in [0.5, 0.6) is 5.75 Å². The Morgan fingerprint density at radius 1 is 0.923 bits per heavy atom. The molecule has 204 valence electrons. The van der Waals surface area contributed by atoms with E-state index in [0.717, 1.165) is 79.4 Å². The maximum Gasteiger partial charge on any atom is 0.230 e. The van der Waals surface area contributed by atoms with Gasteiger partial charge in [-0.05, 0) is 72.5 Å². The van der Waals surface area contributed by atoms with Gasteiger partial charge in [0.15, 0.2) is 0 Å². The van der Waals surface area contributed by atoms with Crippen molar-refractivity contribution < 1.29 is 9.53 Å². The van der Waals surface area contributed by atoms with E-state index in [-0.39, 0.29) is 23.8 Å². The number of nitrogens with zero attached hydrogens (tertiary/aromatic N) is 2. The number of nitrogens with one attached hydrogen (secondary N) is 2. The Bertz CT molecular complexity index is 1340. The van der Waals surface area contributed by atoms with Gasteiger partial charge in [-0.3, -0.25) is 15.6 Å². The van der Waals surface area contributed by atoms with Crippen molar-refractivity contribution in [3.63, 3.8) is 0 Å². The van der Waals surface area contributed by atoms with Crippen molar-refractivity contribution in [1.29, 1.82) is 10.8 Å². The van der Waals surface area contributed by atoms with Crippen LogP contribution in [0.2, 0.25) is 0 Å². The summed E-state index contributed by atoms with van der Waals surface area (Å²) in [6, 6.07) is 20.0. The first-order valence-corrected chi connectivity index (χ1v) is 14.1. The van der Waals surface area contributed by atoms with Crippen LogP contribution in [0.25, 0.3) is 10.8 Å². The fraction of sp³-hybridized carbons (Fsp3) is 0.406. The molecule has 1 aliphatic carbocycles. The van der Waals surface area contributed by atoms with Gasteiger partial charge in [-0.1, -0.05) is 43.5 Å². The van der Waals surface area contributed by atoms with Gasteiger partial charge in [-0.15, -0.1) is 0 Å². The van der Waals surface area contributed by atoms with Crippen LogP contribution in [0.15, 0.2) is 60.7 Å². The topological polar surface area (TPSA) is 106 Å². The predicted octanol–water partition coefficient (Wildman–Crippen LogP) is 6.08. The lowest BCUT2D eigenvalue weighted by Crippen LogP contribution is -2.40. The van der Waals surface area contributed by atoms with Crippen molar-refractivity contribution in [2.75, 3.05) is 18.0 Å². The van der Waals surface area contributed by atoms with Gasteiger partial charge in [-0.2, -0.15) is 0 Å². The Morgan fingerprint density at radius 3 is 2.28 bits per heavy atom. The average Bonchev–Trinajstić information content (AvgIpc) is 2.96. The molecule has 1 heterocycles. The third kappa shape index (κ3) is 6.41. The fourth-order valence-corrected chi connectivity index (χ4v) is 5.82. The van der Waals surface area contributed by atoms with Crippen molar-refractivity contribution in [3.05, 3.63) is 71.8 Å². The summed E-state index contributed by atoms with van der Waals surface area (Å²) in [7, 11) is 0. The molecule has 0 aromatic heterocycles. The van der Waals surface area contributed by atoms with E-state index in [1.54, 1.807) is 0 Å². The molecule has 3 aromatic carbocycles. The minimum atomic E-state index is 0.0501. The number of rotatable bonds is 7. The summed E-state index contributed by atoms with van der Waals surface area (Å²) in [4.78, 5) is 17.8. The Kier molecular flexibility index (Phi) is 8.15. The van der Waals surface area contributed by atoms with E-state index in [2.05, 4.69) is 23.1 Å². The molecule has 3 aromatic rings. The molecule has 7 nitrogen and oxygen atoms in total. The number of anilines is 1. The molecule has 1 saturated carbocycles. The van der Waals surface area contributed by atoms with E-state index in [1.807, 2.05) is 54.3 Å². The molecule has 0 spiro atoms. The number of ether oxygens (including phenoxy) is 1. The van der Waals surface area contributed by atoms with Gasteiger partial charge >= 0.3 is 0 Å². The summed E-state index contributed by atoms with van der Waals surface area (Å²) >= 11 is 0. The third-order valence-electron chi connectivity index (χ3n) is 8.14. The van der Waals surface area contributed by atoms with Crippen molar-refractivity contribution in [2.24, 2.45) is 11.7 Å². The first-order chi connectivity index (χ1) is 18.9. The second-order valence-electron chi connectivity index (χ2n) is 11.0. The Morgan fingerprint density at radius 2 is 1.62 bits per heavy atom. The highest BCUT2D eigenvalue weighted by molar-refractivity contribution is 5.99. The molecule has 0 bridgehead atoms. The molecule has 0 radical (unpaired) electrons. The Labute approximate surface area is 231 Å². The Balaban J connectivity index is 1.35. The lowest BCUT2D eigenvalue weighted by Gasteiger charge is -2.33. The van der Waals surface area contributed by atoms with E-state index >= 15 is 0 Å². The molecule has 2 aliphatic rings. The third-order valence-corrected chi connectivity index (χ3v) is 8.14. The number of nitrogen functional groups attached to an aromatic ring is 1. The Hall–Kier alpha value is -3.87. The van der Waals surface area contributed by atoms with Crippen LogP contribution < -0.4 is 15.4 Å². The molecular weight excluding hydrogens is 486 g/mol. The van der Waals surface area contributed by atoms with Gasteiger partial charge in [-0.25, -0.2) is 0 Å². The van der Waals surface area contributed by atoms with Crippen LogP contribution in [0.4, 0.5) is 5.69 Å². The minimum absolute atomic E-state index is 0.0501. The molecule has 7 heteroatoms. The van der Waals surface area contributed by atoms with Crippen LogP contribution in [0, 0.1) is 16.7 Å². The lowest BCUT2D eigenvalue weighted by molar-refractivity contribution is -0.123. The molecule has 1 aliphatic heterocycles. The zero-order chi connectivity index (χ0) is 27.4. The lowest BCUT2D eigenvalue weighted by atomic mass is 9.88. The highest BCUT2D eigenvalue weighted by Gasteiger charge is 2.27. The highest BCUT2D eigenvalue weighted by atomic mass is 16.5. The number of hydrogen-bond acceptors (Lipinski definition) is 4.